The molecule has 10 heteroatoms. The Bertz CT molecular complexity index is 1020. The van der Waals surface area contributed by atoms with Gasteiger partial charge in [-0.2, -0.15) is 0 Å². The standard InChI is InChI=1S/C36H61IN2O7/c1-8-32-28(22-37)18-23(2)12-13-30(40)24(3)19-27(14-17-39-15-10-9-11-16-39)36(25(4)31(41)21-33(42)45-32)46-34-20-29(38(6)7)35(43)26(5)44-34/h12-13,18,24-29,31-32,34-36,41,43H,8-11,14-17,19-22H2,1-7H3/b13-12+,23-18+. The van der Waals surface area contributed by atoms with Gasteiger partial charge in [-0.25, -0.2) is 0 Å². The lowest BCUT2D eigenvalue weighted by atomic mass is 9.79. The van der Waals surface area contributed by atoms with Crippen molar-refractivity contribution >= 4 is 34.3 Å². The number of piperidine rings is 1. The summed E-state index contributed by atoms with van der Waals surface area (Å²) < 4.78 is 19.8. The highest BCUT2D eigenvalue weighted by Crippen LogP contribution is 2.35. The highest BCUT2D eigenvalue weighted by Gasteiger charge is 2.42. The molecule has 0 bridgehead atoms. The van der Waals surface area contributed by atoms with Gasteiger partial charge in [-0.05, 0) is 91.7 Å². The Hall–Kier alpha value is -0.890. The molecule has 0 aromatic carbocycles. The van der Waals surface area contributed by atoms with Gasteiger partial charge < -0.3 is 34.2 Å². The maximum atomic E-state index is 13.5. The van der Waals surface area contributed by atoms with Crippen molar-refractivity contribution in [3.8, 4) is 0 Å². The second-order valence-corrected chi connectivity index (χ2v) is 15.1. The first-order valence-corrected chi connectivity index (χ1v) is 19.1. The van der Waals surface area contributed by atoms with Crippen LogP contribution in [0.1, 0.15) is 86.0 Å². The average Bonchev–Trinajstić information content (AvgIpc) is 3.03. The van der Waals surface area contributed by atoms with Crippen LogP contribution in [0.5, 0.6) is 0 Å². The predicted molar refractivity (Wildman–Crippen MR) is 190 cm³/mol. The Balaban J connectivity index is 1.99. The third kappa shape index (κ3) is 11.6. The SMILES string of the molecule is CCC1OC(=O)CC(O)C(C)C(OC2CC(N(C)C)C(O)C(C)O2)C(CCN2CCCCC2)CC(C)C(=O)/C=C/C(C)=C/C1CI. The van der Waals surface area contributed by atoms with E-state index in [-0.39, 0.29) is 42.1 Å². The summed E-state index contributed by atoms with van der Waals surface area (Å²) in [7, 11) is 3.89. The first-order valence-electron chi connectivity index (χ1n) is 17.6. The van der Waals surface area contributed by atoms with Crippen LogP contribution in [0, 0.1) is 23.7 Å². The number of carbonyl (C=O) groups is 2. The van der Waals surface area contributed by atoms with Crippen LogP contribution in [0.15, 0.2) is 23.8 Å². The number of likely N-dealkylation sites (N-methyl/N-ethyl adjacent to an activating group) is 1. The summed E-state index contributed by atoms with van der Waals surface area (Å²) in [6.45, 7) is 12.8. The van der Waals surface area contributed by atoms with E-state index in [0.29, 0.717) is 19.3 Å². The van der Waals surface area contributed by atoms with Crippen molar-refractivity contribution in [3.05, 3.63) is 23.8 Å². The lowest BCUT2D eigenvalue weighted by Crippen LogP contribution is -2.55. The van der Waals surface area contributed by atoms with Crippen molar-refractivity contribution < 1.29 is 34.0 Å². The van der Waals surface area contributed by atoms with Gasteiger partial charge in [0.05, 0.1) is 30.8 Å². The molecule has 3 aliphatic rings. The predicted octanol–water partition coefficient (Wildman–Crippen LogP) is 5.16. The molecule has 11 atom stereocenters. The fourth-order valence-corrected chi connectivity index (χ4v) is 8.10. The number of cyclic esters (lactones) is 1. The number of hydrogen-bond acceptors (Lipinski definition) is 9. The largest absolute Gasteiger partial charge is 0.462 e. The number of aliphatic hydroxyl groups excluding tert-OH is 2. The quantitative estimate of drug-likeness (QED) is 0.197. The van der Waals surface area contributed by atoms with Crippen molar-refractivity contribution in [1.29, 1.82) is 0 Å². The molecular weight excluding hydrogens is 699 g/mol. The number of halogens is 1. The molecule has 2 fully saturated rings. The van der Waals surface area contributed by atoms with Crippen molar-refractivity contribution in [1.82, 2.24) is 9.80 Å². The summed E-state index contributed by atoms with van der Waals surface area (Å²) in [5, 5.41) is 22.4. The Labute approximate surface area is 291 Å². The second kappa shape index (κ2) is 19.3. The first kappa shape index (κ1) is 39.5. The maximum absolute atomic E-state index is 13.5. The van der Waals surface area contributed by atoms with Gasteiger partial charge >= 0.3 is 5.97 Å². The van der Waals surface area contributed by atoms with E-state index in [0.717, 1.165) is 36.1 Å². The monoisotopic (exact) mass is 760 g/mol. The molecular formula is C36H61IN2O7. The fraction of sp³-hybridized carbons (Fsp3) is 0.833. The second-order valence-electron chi connectivity index (χ2n) is 14.2. The van der Waals surface area contributed by atoms with Crippen LogP contribution in [-0.2, 0) is 23.8 Å². The summed E-state index contributed by atoms with van der Waals surface area (Å²) in [5.41, 5.74) is 0.960. The molecule has 0 aliphatic carbocycles. The molecule has 0 amide bonds. The van der Waals surface area contributed by atoms with Gasteiger partial charge in [0.2, 0.25) is 0 Å². The van der Waals surface area contributed by atoms with Crippen molar-refractivity contribution in [2.24, 2.45) is 23.7 Å². The van der Waals surface area contributed by atoms with Crippen LogP contribution in [-0.4, -0.2) is 113 Å². The van der Waals surface area contributed by atoms with Crippen LogP contribution in [0.2, 0.25) is 0 Å². The molecule has 3 heterocycles. The number of carbonyl (C=O) groups excluding carboxylic acids is 2. The normalized spacial score (nSPS) is 39.9. The van der Waals surface area contributed by atoms with E-state index in [4.69, 9.17) is 14.2 Å². The number of ether oxygens (including phenoxy) is 3. The number of likely N-dealkylation sites (tertiary alicyclic amines) is 1. The molecule has 0 spiro atoms. The molecule has 11 unspecified atom stereocenters. The van der Waals surface area contributed by atoms with Crippen LogP contribution in [0.3, 0.4) is 0 Å². The number of rotatable bonds is 8. The number of alkyl halides is 1. The van der Waals surface area contributed by atoms with E-state index in [2.05, 4.69) is 33.6 Å². The molecule has 0 aromatic heterocycles. The summed E-state index contributed by atoms with van der Waals surface area (Å²) >= 11 is 2.31. The number of allylic oxidation sites excluding steroid dienone is 3. The maximum Gasteiger partial charge on any atom is 0.308 e. The van der Waals surface area contributed by atoms with Crippen LogP contribution < -0.4 is 0 Å². The van der Waals surface area contributed by atoms with Gasteiger partial charge in [0, 0.05) is 34.6 Å². The topological polar surface area (TPSA) is 109 Å². The van der Waals surface area contributed by atoms with Gasteiger partial charge in [-0.1, -0.05) is 67.5 Å². The molecule has 46 heavy (non-hydrogen) atoms. The Morgan fingerprint density at radius 1 is 1.07 bits per heavy atom. The minimum atomic E-state index is -1.00. The van der Waals surface area contributed by atoms with E-state index < -0.39 is 42.6 Å². The van der Waals surface area contributed by atoms with Crippen LogP contribution >= 0.6 is 22.6 Å². The average molecular weight is 761 g/mol. The zero-order valence-electron chi connectivity index (χ0n) is 29.3. The Morgan fingerprint density at radius 3 is 2.39 bits per heavy atom. The van der Waals surface area contributed by atoms with Crippen LogP contribution in [0.4, 0.5) is 0 Å². The third-order valence-electron chi connectivity index (χ3n) is 10.3. The molecule has 2 saturated heterocycles. The molecule has 9 nitrogen and oxygen atoms in total. The minimum absolute atomic E-state index is 0.00474. The minimum Gasteiger partial charge on any atom is -0.462 e. The summed E-state index contributed by atoms with van der Waals surface area (Å²) in [6.07, 6.45) is 8.14. The van der Waals surface area contributed by atoms with Crippen molar-refractivity contribution in [2.45, 2.75) is 129 Å². The van der Waals surface area contributed by atoms with Crippen LogP contribution in [0.25, 0.3) is 0 Å². The molecule has 264 valence electrons. The zero-order chi connectivity index (χ0) is 34.0. The number of esters is 1. The van der Waals surface area contributed by atoms with Gasteiger partial charge in [0.15, 0.2) is 12.1 Å². The van der Waals surface area contributed by atoms with E-state index in [1.165, 1.54) is 19.3 Å². The lowest BCUT2D eigenvalue weighted by molar-refractivity contribution is -0.265. The number of aliphatic hydroxyl groups is 2. The lowest BCUT2D eigenvalue weighted by Gasteiger charge is -2.44. The van der Waals surface area contributed by atoms with Crippen molar-refractivity contribution in [3.63, 3.8) is 0 Å². The number of hydrogen-bond donors (Lipinski definition) is 2. The molecule has 2 N–H and O–H groups in total. The van der Waals surface area contributed by atoms with Crippen molar-refractivity contribution in [2.75, 3.05) is 38.2 Å². The van der Waals surface area contributed by atoms with E-state index in [1.54, 1.807) is 6.08 Å². The zero-order valence-corrected chi connectivity index (χ0v) is 31.4. The number of ketones is 1. The number of nitrogens with zero attached hydrogens (tertiary/aromatic N) is 2. The van der Waals surface area contributed by atoms with E-state index in [9.17, 15) is 19.8 Å². The van der Waals surface area contributed by atoms with E-state index >= 15 is 0 Å². The third-order valence-corrected chi connectivity index (χ3v) is 11.4. The van der Waals surface area contributed by atoms with Gasteiger partial charge in [0.1, 0.15) is 6.10 Å². The molecule has 3 aliphatic heterocycles. The first-order chi connectivity index (χ1) is 21.8. The molecule has 0 aromatic rings. The van der Waals surface area contributed by atoms with Gasteiger partial charge in [0.25, 0.3) is 0 Å². The summed E-state index contributed by atoms with van der Waals surface area (Å²) in [4.78, 5) is 31.3. The molecule has 3 rings (SSSR count). The Kier molecular flexibility index (Phi) is 16.6. The highest BCUT2D eigenvalue weighted by atomic mass is 127. The smallest absolute Gasteiger partial charge is 0.308 e. The Morgan fingerprint density at radius 2 is 1.76 bits per heavy atom. The summed E-state index contributed by atoms with van der Waals surface area (Å²) in [5.74, 6) is -1.12. The molecule has 0 radical (unpaired) electrons. The fourth-order valence-electron chi connectivity index (χ4n) is 7.27. The van der Waals surface area contributed by atoms with E-state index in [1.807, 2.05) is 59.7 Å². The molecule has 0 saturated carbocycles. The highest BCUT2D eigenvalue weighted by molar-refractivity contribution is 14.1. The summed E-state index contributed by atoms with van der Waals surface area (Å²) in [6, 6.07) is -0.152. The van der Waals surface area contributed by atoms with Gasteiger partial charge in [-0.15, -0.1) is 0 Å². The van der Waals surface area contributed by atoms with Gasteiger partial charge in [-0.3, -0.25) is 9.59 Å².